The Labute approximate surface area is 286 Å². The highest BCUT2D eigenvalue weighted by molar-refractivity contribution is 7.80. The minimum atomic E-state index is -4.50. The third-order valence-electron chi connectivity index (χ3n) is 8.05. The lowest BCUT2D eigenvalue weighted by Gasteiger charge is -2.31. The first-order valence-corrected chi connectivity index (χ1v) is 16.1. The number of nitrogens with one attached hydrogen (secondary N) is 2. The maximum Gasteiger partial charge on any atom is 0.416 e. The van der Waals surface area contributed by atoms with Crippen molar-refractivity contribution < 1.29 is 22.9 Å². The molecule has 9 nitrogen and oxygen atoms in total. The number of nitro benzene ring substituents is 1. The van der Waals surface area contributed by atoms with Crippen LogP contribution in [0.25, 0.3) is 10.8 Å². The highest BCUT2D eigenvalue weighted by atomic mass is 32.1. The van der Waals surface area contributed by atoms with E-state index in [1.807, 2.05) is 58.9 Å². The van der Waals surface area contributed by atoms with Crippen LogP contribution in [0.5, 0.6) is 0 Å². The second-order valence-corrected chi connectivity index (χ2v) is 12.1. The van der Waals surface area contributed by atoms with Crippen LogP contribution in [0.2, 0.25) is 0 Å². The van der Waals surface area contributed by atoms with Crippen LogP contribution in [0.4, 0.5) is 24.5 Å². The van der Waals surface area contributed by atoms with Gasteiger partial charge in [-0.3, -0.25) is 14.9 Å². The van der Waals surface area contributed by atoms with Gasteiger partial charge in [-0.2, -0.15) is 13.2 Å². The fraction of sp³-hybridized carbons (Fsp3) is 0.250. The number of imidazole rings is 1. The summed E-state index contributed by atoms with van der Waals surface area (Å²) in [6.07, 6.45) is 0.155. The molecule has 5 rings (SSSR count). The number of halogens is 3. The molecule has 13 heteroatoms. The first kappa shape index (κ1) is 35.0. The molecule has 4 aromatic carbocycles. The van der Waals surface area contributed by atoms with Crippen molar-refractivity contribution in [3.63, 3.8) is 0 Å². The van der Waals surface area contributed by atoms with Crippen LogP contribution in [-0.4, -0.2) is 43.0 Å². The number of hydrogen-bond donors (Lipinski definition) is 2. The average molecular weight is 689 g/mol. The number of rotatable bonds is 13. The van der Waals surface area contributed by atoms with Crippen LogP contribution in [-0.2, 0) is 30.5 Å². The van der Waals surface area contributed by atoms with Gasteiger partial charge in [0.2, 0.25) is 5.91 Å². The van der Waals surface area contributed by atoms with Gasteiger partial charge in [0.05, 0.1) is 23.2 Å². The molecule has 0 saturated carbocycles. The van der Waals surface area contributed by atoms with E-state index < -0.39 is 16.7 Å². The lowest BCUT2D eigenvalue weighted by molar-refractivity contribution is -0.384. The van der Waals surface area contributed by atoms with Crippen LogP contribution < -0.4 is 10.6 Å². The number of hydrogen-bond acceptors (Lipinski definition) is 5. The largest absolute Gasteiger partial charge is 0.416 e. The number of nitrogens with zero attached hydrogens (tertiary/aromatic N) is 4. The number of alkyl halides is 3. The number of non-ortho nitro benzene ring substituents is 1. The Bertz CT molecular complexity index is 1920. The fourth-order valence-corrected chi connectivity index (χ4v) is 5.91. The quantitative estimate of drug-likeness (QED) is 0.0741. The highest BCUT2D eigenvalue weighted by Gasteiger charge is 2.30. The molecule has 1 heterocycles. The Kier molecular flexibility index (Phi) is 11.2. The Morgan fingerprint density at radius 2 is 1.78 bits per heavy atom. The number of carbonyl (C=O) groups is 1. The van der Waals surface area contributed by atoms with E-state index in [9.17, 15) is 28.1 Å². The van der Waals surface area contributed by atoms with Crippen molar-refractivity contribution in [1.82, 2.24) is 19.8 Å². The van der Waals surface area contributed by atoms with Crippen LogP contribution in [0, 0.1) is 10.1 Å². The maximum atomic E-state index is 13.4. The Balaban J connectivity index is 1.33. The predicted octanol–water partition coefficient (Wildman–Crippen LogP) is 7.74. The standard InChI is InChI=1S/C36H35F3N6O3S/c1-2-7-30(41-34(46)19-32-20-40-24-44(32)21-25-14-16-31(17-15-25)45(47)48)23-43(22-27-10-5-9-26-8-3-4-13-33(26)27)35(49)42-29-12-6-11-28(18-29)36(37,38)39/h3-6,8-18,20,24,30H,2,7,19,21-23H2,1H3,(H,41,46)(H,42,49)/t30-/m0/s1. The summed E-state index contributed by atoms with van der Waals surface area (Å²) >= 11 is 5.80. The molecule has 49 heavy (non-hydrogen) atoms. The van der Waals surface area contributed by atoms with Gasteiger partial charge < -0.3 is 20.1 Å². The van der Waals surface area contributed by atoms with Crippen LogP contribution in [0.3, 0.4) is 0 Å². The van der Waals surface area contributed by atoms with E-state index in [0.717, 1.165) is 40.5 Å². The number of benzene rings is 4. The van der Waals surface area contributed by atoms with Crippen molar-refractivity contribution in [1.29, 1.82) is 0 Å². The van der Waals surface area contributed by atoms with Crippen molar-refractivity contribution in [3.8, 4) is 0 Å². The summed E-state index contributed by atoms with van der Waals surface area (Å²) in [5.74, 6) is -0.231. The number of thiocarbonyl (C=S) groups is 1. The summed E-state index contributed by atoms with van der Waals surface area (Å²) in [4.78, 5) is 30.1. The zero-order valence-electron chi connectivity index (χ0n) is 26.7. The molecule has 5 aromatic rings. The van der Waals surface area contributed by atoms with E-state index in [4.69, 9.17) is 12.2 Å². The topological polar surface area (TPSA) is 105 Å². The molecule has 1 amide bonds. The Hall–Kier alpha value is -5.30. The molecule has 0 aliphatic carbocycles. The number of aromatic nitrogens is 2. The Morgan fingerprint density at radius 1 is 1.04 bits per heavy atom. The third-order valence-corrected chi connectivity index (χ3v) is 8.41. The molecule has 0 spiro atoms. The van der Waals surface area contributed by atoms with Crippen LogP contribution >= 0.6 is 12.2 Å². The van der Waals surface area contributed by atoms with Gasteiger partial charge >= 0.3 is 6.18 Å². The van der Waals surface area contributed by atoms with Crippen molar-refractivity contribution in [2.24, 2.45) is 0 Å². The molecule has 0 aliphatic rings. The van der Waals surface area contributed by atoms with E-state index in [0.29, 0.717) is 31.7 Å². The SMILES string of the molecule is CCC[C@@H](CN(Cc1cccc2ccccc12)C(=S)Nc1cccc(C(F)(F)F)c1)NC(=O)Cc1cncn1Cc1ccc([N+](=O)[O-])cc1. The minimum absolute atomic E-state index is 0.00468. The van der Waals surface area contributed by atoms with Crippen LogP contribution in [0.15, 0.2) is 104 Å². The molecule has 0 unspecified atom stereocenters. The van der Waals surface area contributed by atoms with Gasteiger partial charge in [0.15, 0.2) is 5.11 Å². The average Bonchev–Trinajstić information content (AvgIpc) is 3.50. The van der Waals surface area contributed by atoms with Crippen molar-refractivity contribution >= 4 is 45.4 Å². The van der Waals surface area contributed by atoms with Gasteiger partial charge in [-0.15, -0.1) is 0 Å². The second kappa shape index (κ2) is 15.7. The smallest absolute Gasteiger partial charge is 0.351 e. The van der Waals surface area contributed by atoms with Crippen molar-refractivity contribution in [2.75, 3.05) is 11.9 Å². The lowest BCUT2D eigenvalue weighted by atomic mass is 10.0. The third kappa shape index (κ3) is 9.41. The summed E-state index contributed by atoms with van der Waals surface area (Å²) in [6.45, 7) is 3.04. The molecule has 1 atom stereocenters. The van der Waals surface area contributed by atoms with E-state index >= 15 is 0 Å². The van der Waals surface area contributed by atoms with E-state index in [1.165, 1.54) is 24.3 Å². The summed E-state index contributed by atoms with van der Waals surface area (Å²) in [5.41, 5.74) is 1.88. The molecular formula is C36H35F3N6O3S. The number of anilines is 1. The molecule has 0 fully saturated rings. The molecule has 2 N–H and O–H groups in total. The predicted molar refractivity (Wildman–Crippen MR) is 187 cm³/mol. The monoisotopic (exact) mass is 688 g/mol. The molecule has 0 bridgehead atoms. The number of fused-ring (bicyclic) bond motifs is 1. The van der Waals surface area contributed by atoms with Gasteiger partial charge in [0.1, 0.15) is 0 Å². The zero-order chi connectivity index (χ0) is 35.0. The van der Waals surface area contributed by atoms with Crippen LogP contribution in [0.1, 0.15) is 42.1 Å². The molecule has 0 radical (unpaired) electrons. The number of nitro groups is 1. The summed E-state index contributed by atoms with van der Waals surface area (Å²) in [7, 11) is 0. The van der Waals surface area contributed by atoms with Gasteiger partial charge in [-0.05, 0) is 58.7 Å². The molecule has 0 saturated heterocycles. The molecule has 0 aliphatic heterocycles. The summed E-state index contributed by atoms with van der Waals surface area (Å²) in [5, 5.41) is 19.4. The first-order chi connectivity index (χ1) is 23.5. The summed E-state index contributed by atoms with van der Waals surface area (Å²) in [6, 6.07) is 24.6. The van der Waals surface area contributed by atoms with Gasteiger partial charge in [0, 0.05) is 55.4 Å². The van der Waals surface area contributed by atoms with E-state index in [1.54, 1.807) is 24.7 Å². The molecule has 1 aromatic heterocycles. The Morgan fingerprint density at radius 3 is 2.51 bits per heavy atom. The van der Waals surface area contributed by atoms with Gasteiger partial charge in [0.25, 0.3) is 5.69 Å². The van der Waals surface area contributed by atoms with E-state index in [-0.39, 0.29) is 34.9 Å². The van der Waals surface area contributed by atoms with E-state index in [2.05, 4.69) is 15.6 Å². The zero-order valence-corrected chi connectivity index (χ0v) is 27.5. The number of amides is 1. The minimum Gasteiger partial charge on any atom is -0.351 e. The maximum absolute atomic E-state index is 13.4. The van der Waals surface area contributed by atoms with Gasteiger partial charge in [-0.1, -0.05) is 74.0 Å². The normalized spacial score (nSPS) is 12.0. The summed E-state index contributed by atoms with van der Waals surface area (Å²) < 4.78 is 42.2. The number of carbonyl (C=O) groups excluding carboxylic acids is 1. The van der Waals surface area contributed by atoms with Gasteiger partial charge in [-0.25, -0.2) is 4.98 Å². The molecular weight excluding hydrogens is 653 g/mol. The lowest BCUT2D eigenvalue weighted by Crippen LogP contribution is -2.47. The molecule has 254 valence electrons. The first-order valence-electron chi connectivity index (χ1n) is 15.7. The highest BCUT2D eigenvalue weighted by Crippen LogP contribution is 2.31. The second-order valence-electron chi connectivity index (χ2n) is 11.7. The fourth-order valence-electron chi connectivity index (χ4n) is 5.66. The van der Waals surface area contributed by atoms with Crippen molar-refractivity contribution in [3.05, 3.63) is 136 Å². The van der Waals surface area contributed by atoms with Crippen molar-refractivity contribution in [2.45, 2.75) is 51.5 Å².